The van der Waals surface area contributed by atoms with Crippen LogP contribution in [-0.4, -0.2) is 21.7 Å². The number of nitrogens with zero attached hydrogens (tertiary/aromatic N) is 2. The van der Waals surface area contributed by atoms with Crippen molar-refractivity contribution in [3.05, 3.63) is 93.8 Å². The van der Waals surface area contributed by atoms with E-state index in [-0.39, 0.29) is 18.3 Å². The van der Waals surface area contributed by atoms with Gasteiger partial charge in [0.15, 0.2) is 0 Å². The number of pyridine rings is 1. The Morgan fingerprint density at radius 2 is 1.66 bits per heavy atom. The lowest BCUT2D eigenvalue weighted by Gasteiger charge is -2.11. The van der Waals surface area contributed by atoms with Crippen molar-refractivity contribution < 1.29 is 27.4 Å². The molecule has 2 aromatic carbocycles. The molecule has 1 amide bonds. The standard InChI is InChI=1S/C25H21BrF3N3O3/c1-2-21-23(32-14-18(26)7-12-22(32)31-21)24(33)30-13-16-3-8-19(9-4-16)34-15-17-5-10-20(11-6-17)35-25(27,28)29/h3-12,14H,2,13,15H2,1H3,(H,30,33). The number of alkyl halides is 3. The molecule has 0 aliphatic heterocycles. The highest BCUT2D eigenvalue weighted by Crippen LogP contribution is 2.23. The lowest BCUT2D eigenvalue weighted by Crippen LogP contribution is -2.25. The highest BCUT2D eigenvalue weighted by Gasteiger charge is 2.30. The molecule has 0 unspecified atom stereocenters. The van der Waals surface area contributed by atoms with Crippen molar-refractivity contribution in [2.24, 2.45) is 0 Å². The number of fused-ring (bicyclic) bond motifs is 1. The summed E-state index contributed by atoms with van der Waals surface area (Å²) in [7, 11) is 0. The van der Waals surface area contributed by atoms with Gasteiger partial charge in [-0.1, -0.05) is 31.2 Å². The fraction of sp³-hybridized carbons (Fsp3) is 0.200. The minimum atomic E-state index is -4.72. The van der Waals surface area contributed by atoms with Crippen LogP contribution >= 0.6 is 15.9 Å². The largest absolute Gasteiger partial charge is 0.573 e. The predicted molar refractivity (Wildman–Crippen MR) is 127 cm³/mol. The van der Waals surface area contributed by atoms with E-state index in [0.29, 0.717) is 35.6 Å². The van der Waals surface area contributed by atoms with Crippen molar-refractivity contribution in [2.45, 2.75) is 32.9 Å². The van der Waals surface area contributed by atoms with E-state index in [1.807, 2.05) is 37.4 Å². The molecule has 1 N–H and O–H groups in total. The van der Waals surface area contributed by atoms with Crippen LogP contribution in [0.4, 0.5) is 13.2 Å². The lowest BCUT2D eigenvalue weighted by molar-refractivity contribution is -0.274. The number of aryl methyl sites for hydroxylation is 1. The number of nitrogens with one attached hydrogen (secondary N) is 1. The van der Waals surface area contributed by atoms with E-state index in [9.17, 15) is 18.0 Å². The number of halogens is 4. The average molecular weight is 548 g/mol. The Labute approximate surface area is 207 Å². The molecule has 4 aromatic rings. The van der Waals surface area contributed by atoms with Crippen LogP contribution in [0.15, 0.2) is 71.3 Å². The third-order valence-electron chi connectivity index (χ3n) is 5.14. The minimum Gasteiger partial charge on any atom is -0.489 e. The van der Waals surface area contributed by atoms with Gasteiger partial charge in [-0.3, -0.25) is 9.20 Å². The van der Waals surface area contributed by atoms with E-state index in [1.165, 1.54) is 24.3 Å². The van der Waals surface area contributed by atoms with Gasteiger partial charge < -0.3 is 14.8 Å². The summed E-state index contributed by atoms with van der Waals surface area (Å²) in [6, 6.07) is 16.4. The smallest absolute Gasteiger partial charge is 0.489 e. The first-order chi connectivity index (χ1) is 16.7. The van der Waals surface area contributed by atoms with Crippen LogP contribution in [0.2, 0.25) is 0 Å². The first-order valence-electron chi connectivity index (χ1n) is 10.7. The summed E-state index contributed by atoms with van der Waals surface area (Å²) in [4.78, 5) is 17.5. The predicted octanol–water partition coefficient (Wildman–Crippen LogP) is 6.07. The number of carbonyl (C=O) groups is 1. The molecule has 0 spiro atoms. The molecule has 0 fully saturated rings. The van der Waals surface area contributed by atoms with Crippen molar-refractivity contribution in [2.75, 3.05) is 0 Å². The Bertz CT molecular complexity index is 1320. The number of ether oxygens (including phenoxy) is 2. The van der Waals surface area contributed by atoms with Crippen LogP contribution in [0.1, 0.15) is 34.2 Å². The van der Waals surface area contributed by atoms with E-state index in [4.69, 9.17) is 4.74 Å². The molecule has 182 valence electrons. The monoisotopic (exact) mass is 547 g/mol. The summed E-state index contributed by atoms with van der Waals surface area (Å²) in [5.41, 5.74) is 3.52. The number of hydrogen-bond donors (Lipinski definition) is 1. The van der Waals surface area contributed by atoms with E-state index < -0.39 is 6.36 Å². The zero-order valence-corrected chi connectivity index (χ0v) is 20.2. The van der Waals surface area contributed by atoms with E-state index in [2.05, 4.69) is 31.0 Å². The zero-order valence-electron chi connectivity index (χ0n) is 18.6. The molecule has 0 radical (unpaired) electrons. The third-order valence-corrected chi connectivity index (χ3v) is 5.61. The van der Waals surface area contributed by atoms with Gasteiger partial charge in [-0.25, -0.2) is 4.98 Å². The summed E-state index contributed by atoms with van der Waals surface area (Å²) in [5, 5.41) is 2.94. The first kappa shape index (κ1) is 24.6. The maximum absolute atomic E-state index is 12.9. The van der Waals surface area contributed by atoms with Crippen molar-refractivity contribution in [1.82, 2.24) is 14.7 Å². The van der Waals surface area contributed by atoms with Gasteiger partial charge in [-0.2, -0.15) is 0 Å². The minimum absolute atomic E-state index is 0.187. The van der Waals surface area contributed by atoms with Gasteiger partial charge in [0.05, 0.1) is 5.69 Å². The maximum Gasteiger partial charge on any atom is 0.573 e. The normalized spacial score (nSPS) is 11.5. The maximum atomic E-state index is 12.9. The fourth-order valence-electron chi connectivity index (χ4n) is 3.48. The number of benzene rings is 2. The molecule has 0 saturated heterocycles. The molecule has 2 heterocycles. The van der Waals surface area contributed by atoms with Crippen LogP contribution in [0.3, 0.4) is 0 Å². The molecule has 0 saturated carbocycles. The van der Waals surface area contributed by atoms with Crippen LogP contribution in [0.5, 0.6) is 11.5 Å². The molecule has 0 bridgehead atoms. The van der Waals surface area contributed by atoms with E-state index >= 15 is 0 Å². The van der Waals surface area contributed by atoms with Crippen LogP contribution < -0.4 is 14.8 Å². The summed E-state index contributed by atoms with van der Waals surface area (Å²) >= 11 is 3.43. The molecular formula is C25H21BrF3N3O3. The molecule has 2 aromatic heterocycles. The molecule has 10 heteroatoms. The summed E-state index contributed by atoms with van der Waals surface area (Å²) in [5.74, 6) is 0.0941. The second kappa shape index (κ2) is 10.4. The number of hydrogen-bond acceptors (Lipinski definition) is 4. The molecule has 0 aliphatic rings. The van der Waals surface area contributed by atoms with Gasteiger partial charge in [0.25, 0.3) is 5.91 Å². The fourth-order valence-corrected chi connectivity index (χ4v) is 3.81. The van der Waals surface area contributed by atoms with Crippen molar-refractivity contribution in [1.29, 1.82) is 0 Å². The van der Waals surface area contributed by atoms with Crippen molar-refractivity contribution in [3.63, 3.8) is 0 Å². The van der Waals surface area contributed by atoms with Gasteiger partial charge in [0.2, 0.25) is 0 Å². The van der Waals surface area contributed by atoms with Crippen LogP contribution in [0.25, 0.3) is 5.65 Å². The van der Waals surface area contributed by atoms with E-state index in [0.717, 1.165) is 15.7 Å². The number of aromatic nitrogens is 2. The quantitative estimate of drug-likeness (QED) is 0.291. The third kappa shape index (κ3) is 6.33. The lowest BCUT2D eigenvalue weighted by atomic mass is 10.2. The van der Waals surface area contributed by atoms with Gasteiger partial charge >= 0.3 is 6.36 Å². The van der Waals surface area contributed by atoms with E-state index in [1.54, 1.807) is 16.5 Å². The van der Waals surface area contributed by atoms with Crippen LogP contribution in [0, 0.1) is 0 Å². The number of carbonyl (C=O) groups excluding carboxylic acids is 1. The Morgan fingerprint density at radius 1 is 1.00 bits per heavy atom. The van der Waals surface area contributed by atoms with Gasteiger partial charge in [0.1, 0.15) is 29.4 Å². The second-order valence-corrected chi connectivity index (χ2v) is 8.56. The second-order valence-electron chi connectivity index (χ2n) is 7.64. The molecule has 35 heavy (non-hydrogen) atoms. The van der Waals surface area contributed by atoms with Gasteiger partial charge in [0, 0.05) is 17.2 Å². The summed E-state index contributed by atoms with van der Waals surface area (Å²) in [6.45, 7) is 2.47. The van der Waals surface area contributed by atoms with Gasteiger partial charge in [-0.05, 0) is 69.9 Å². The van der Waals surface area contributed by atoms with Crippen molar-refractivity contribution >= 4 is 27.5 Å². The van der Waals surface area contributed by atoms with Crippen molar-refractivity contribution in [3.8, 4) is 11.5 Å². The Kier molecular flexibility index (Phi) is 7.30. The van der Waals surface area contributed by atoms with Crippen LogP contribution in [-0.2, 0) is 19.6 Å². The van der Waals surface area contributed by atoms with Gasteiger partial charge in [-0.15, -0.1) is 13.2 Å². The zero-order chi connectivity index (χ0) is 25.0. The number of amides is 1. The summed E-state index contributed by atoms with van der Waals surface area (Å²) in [6.07, 6.45) is -2.27. The molecule has 6 nitrogen and oxygen atoms in total. The highest BCUT2D eigenvalue weighted by atomic mass is 79.9. The highest BCUT2D eigenvalue weighted by molar-refractivity contribution is 9.10. The molecule has 4 rings (SSSR count). The Hall–Kier alpha value is -3.53. The number of imidazole rings is 1. The number of rotatable bonds is 8. The molecule has 0 aliphatic carbocycles. The Balaban J connectivity index is 1.33. The SMILES string of the molecule is CCc1nc2ccc(Br)cn2c1C(=O)NCc1ccc(OCc2ccc(OC(F)(F)F)cc2)cc1. The summed E-state index contributed by atoms with van der Waals surface area (Å²) < 4.78 is 48.9. The Morgan fingerprint density at radius 3 is 2.31 bits per heavy atom. The molecule has 0 atom stereocenters. The molecular weight excluding hydrogens is 527 g/mol. The topological polar surface area (TPSA) is 64.9 Å². The first-order valence-corrected chi connectivity index (χ1v) is 11.5. The average Bonchev–Trinajstić information content (AvgIpc) is 3.19.